The number of sulfonamides is 1. The molecule has 18 heavy (non-hydrogen) atoms. The maximum absolute atomic E-state index is 12.0. The summed E-state index contributed by atoms with van der Waals surface area (Å²) in [5.41, 5.74) is 0.553. The van der Waals surface area contributed by atoms with Gasteiger partial charge in [-0.2, -0.15) is 4.72 Å². The van der Waals surface area contributed by atoms with Gasteiger partial charge in [0.15, 0.2) is 0 Å². The summed E-state index contributed by atoms with van der Waals surface area (Å²) in [6.45, 7) is 4.92. The molecule has 0 aliphatic rings. The highest BCUT2D eigenvalue weighted by atomic mass is 79.9. The first-order valence-electron chi connectivity index (χ1n) is 5.03. The van der Waals surface area contributed by atoms with Crippen LogP contribution in [0.2, 0.25) is 0 Å². The molecule has 9 heteroatoms. The molecule has 1 heterocycles. The number of aliphatic carboxylic acids is 1. The lowest BCUT2D eigenvalue weighted by molar-refractivity contribution is -0.140. The van der Waals surface area contributed by atoms with Crippen molar-refractivity contribution < 1.29 is 18.3 Å². The third-order valence-electron chi connectivity index (χ3n) is 2.17. The predicted octanol–water partition coefficient (Wildman–Crippen LogP) is 1.60. The van der Waals surface area contributed by atoms with Crippen LogP contribution in [-0.4, -0.2) is 30.5 Å². The summed E-state index contributed by atoms with van der Waals surface area (Å²) in [6, 6.07) is -1.17. The highest BCUT2D eigenvalue weighted by molar-refractivity contribution is 9.11. The van der Waals surface area contributed by atoms with E-state index in [0.717, 1.165) is 11.3 Å². The summed E-state index contributed by atoms with van der Waals surface area (Å²) in [5, 5.41) is 8.96. The van der Waals surface area contributed by atoms with Gasteiger partial charge in [0, 0.05) is 0 Å². The zero-order valence-corrected chi connectivity index (χ0v) is 13.2. The van der Waals surface area contributed by atoms with Crippen LogP contribution < -0.4 is 4.72 Å². The Hall–Kier alpha value is -0.510. The number of rotatable bonds is 5. The molecule has 0 aliphatic heterocycles. The van der Waals surface area contributed by atoms with E-state index in [1.165, 1.54) is 0 Å². The van der Waals surface area contributed by atoms with Gasteiger partial charge >= 0.3 is 5.97 Å². The molecule has 6 nitrogen and oxygen atoms in total. The van der Waals surface area contributed by atoms with Gasteiger partial charge in [-0.1, -0.05) is 25.2 Å². The Labute approximate surface area is 118 Å². The minimum absolute atomic E-state index is 0.140. The average molecular weight is 357 g/mol. The van der Waals surface area contributed by atoms with Crippen molar-refractivity contribution in [2.75, 3.05) is 0 Å². The van der Waals surface area contributed by atoms with Crippen LogP contribution in [0.25, 0.3) is 0 Å². The molecule has 0 saturated carbocycles. The fourth-order valence-corrected chi connectivity index (χ4v) is 4.46. The number of nitrogens with zero attached hydrogens (tertiary/aromatic N) is 1. The Morgan fingerprint density at radius 1 is 1.50 bits per heavy atom. The van der Waals surface area contributed by atoms with E-state index < -0.39 is 22.0 Å². The fourth-order valence-electron chi connectivity index (χ4n) is 1.16. The van der Waals surface area contributed by atoms with Crippen molar-refractivity contribution in [3.8, 4) is 0 Å². The Kier molecular flexibility index (Phi) is 4.87. The Morgan fingerprint density at radius 3 is 2.39 bits per heavy atom. The van der Waals surface area contributed by atoms with E-state index in [0.29, 0.717) is 9.48 Å². The number of hydrogen-bond acceptors (Lipinski definition) is 5. The topological polar surface area (TPSA) is 96.4 Å². The number of carbonyl (C=O) groups is 1. The van der Waals surface area contributed by atoms with Crippen LogP contribution in [0.1, 0.15) is 19.5 Å². The van der Waals surface area contributed by atoms with Gasteiger partial charge in [0.25, 0.3) is 10.0 Å². The SMILES string of the molecule is Cc1nc(S(=O)(=O)N[C@H](C(=O)O)C(C)C)sc1Br. The molecule has 0 amide bonds. The van der Waals surface area contributed by atoms with E-state index >= 15 is 0 Å². The number of nitrogens with one attached hydrogen (secondary N) is 1. The molecule has 0 aromatic carbocycles. The van der Waals surface area contributed by atoms with E-state index in [2.05, 4.69) is 25.6 Å². The van der Waals surface area contributed by atoms with Crippen LogP contribution in [0, 0.1) is 12.8 Å². The molecule has 2 N–H and O–H groups in total. The van der Waals surface area contributed by atoms with E-state index in [9.17, 15) is 13.2 Å². The first-order valence-corrected chi connectivity index (χ1v) is 8.12. The highest BCUT2D eigenvalue weighted by Gasteiger charge is 2.30. The number of hydrogen-bond donors (Lipinski definition) is 2. The van der Waals surface area contributed by atoms with E-state index in [1.807, 2.05) is 0 Å². The number of carboxylic acids is 1. The Morgan fingerprint density at radius 2 is 2.06 bits per heavy atom. The zero-order valence-electron chi connectivity index (χ0n) is 9.97. The van der Waals surface area contributed by atoms with E-state index in [1.54, 1.807) is 20.8 Å². The zero-order chi connectivity index (χ0) is 14.1. The molecule has 1 aromatic heterocycles. The molecule has 0 saturated heterocycles. The van der Waals surface area contributed by atoms with Crippen LogP contribution in [0.4, 0.5) is 0 Å². The molecule has 0 radical (unpaired) electrons. The second-order valence-electron chi connectivity index (χ2n) is 4.02. The van der Waals surface area contributed by atoms with E-state index in [-0.39, 0.29) is 10.3 Å². The van der Waals surface area contributed by atoms with Gasteiger partial charge in [-0.3, -0.25) is 4.79 Å². The molecule has 0 aliphatic carbocycles. The van der Waals surface area contributed by atoms with Crippen LogP contribution in [0.15, 0.2) is 8.13 Å². The quantitative estimate of drug-likeness (QED) is 0.835. The second-order valence-corrected chi connectivity index (χ2v) is 8.22. The molecule has 0 fully saturated rings. The summed E-state index contributed by atoms with van der Waals surface area (Å²) < 4.78 is 26.6. The van der Waals surface area contributed by atoms with Crippen molar-refractivity contribution in [3.63, 3.8) is 0 Å². The van der Waals surface area contributed by atoms with Gasteiger partial charge in [-0.25, -0.2) is 13.4 Å². The summed E-state index contributed by atoms with van der Waals surface area (Å²) in [5.74, 6) is -1.57. The van der Waals surface area contributed by atoms with Gasteiger partial charge in [0.1, 0.15) is 6.04 Å². The summed E-state index contributed by atoms with van der Waals surface area (Å²) in [4.78, 5) is 14.9. The molecular formula is C9H13BrN2O4S2. The van der Waals surface area contributed by atoms with Gasteiger partial charge < -0.3 is 5.11 Å². The minimum Gasteiger partial charge on any atom is -0.480 e. The minimum atomic E-state index is -3.90. The maximum Gasteiger partial charge on any atom is 0.322 e. The van der Waals surface area contributed by atoms with Gasteiger partial charge in [-0.15, -0.1) is 0 Å². The largest absolute Gasteiger partial charge is 0.480 e. The van der Waals surface area contributed by atoms with Crippen molar-refractivity contribution in [2.24, 2.45) is 5.92 Å². The Balaban J connectivity index is 3.04. The van der Waals surface area contributed by atoms with Crippen molar-refractivity contribution in [1.29, 1.82) is 0 Å². The predicted molar refractivity (Wildman–Crippen MR) is 71.1 cm³/mol. The van der Waals surface area contributed by atoms with Crippen molar-refractivity contribution in [3.05, 3.63) is 9.48 Å². The van der Waals surface area contributed by atoms with Gasteiger partial charge in [0.2, 0.25) is 4.34 Å². The van der Waals surface area contributed by atoms with Crippen LogP contribution in [0.3, 0.4) is 0 Å². The number of aryl methyl sites for hydroxylation is 1. The lowest BCUT2D eigenvalue weighted by atomic mass is 10.1. The molecule has 0 bridgehead atoms. The maximum atomic E-state index is 12.0. The summed E-state index contributed by atoms with van der Waals surface area (Å²) >= 11 is 4.13. The van der Waals surface area contributed by atoms with E-state index in [4.69, 9.17) is 5.11 Å². The normalized spacial score (nSPS) is 13.8. The van der Waals surface area contributed by atoms with Crippen molar-refractivity contribution >= 4 is 43.3 Å². The summed E-state index contributed by atoms with van der Waals surface area (Å²) in [6.07, 6.45) is 0. The lowest BCUT2D eigenvalue weighted by Crippen LogP contribution is -2.44. The number of thiazole rings is 1. The van der Waals surface area contributed by atoms with Gasteiger partial charge in [-0.05, 0) is 28.8 Å². The summed E-state index contributed by atoms with van der Waals surface area (Å²) in [7, 11) is -3.90. The standard InChI is InChI=1S/C9H13BrN2O4S2/c1-4(2)6(8(13)14)12-18(15,16)9-11-5(3)7(10)17-9/h4,6,12H,1-3H3,(H,13,14)/t6-/m0/s1. The van der Waals surface area contributed by atoms with Crippen LogP contribution in [-0.2, 0) is 14.8 Å². The molecule has 1 aromatic rings. The van der Waals surface area contributed by atoms with Gasteiger partial charge in [0.05, 0.1) is 9.48 Å². The lowest BCUT2D eigenvalue weighted by Gasteiger charge is -2.16. The average Bonchev–Trinajstić information content (AvgIpc) is 2.56. The van der Waals surface area contributed by atoms with Crippen LogP contribution >= 0.6 is 27.3 Å². The third-order valence-corrected chi connectivity index (χ3v) is 5.99. The second kappa shape index (κ2) is 5.64. The van der Waals surface area contributed by atoms with Crippen molar-refractivity contribution in [1.82, 2.24) is 9.71 Å². The molecular weight excluding hydrogens is 344 g/mol. The fraction of sp³-hybridized carbons (Fsp3) is 0.556. The number of aromatic nitrogens is 1. The first-order chi connectivity index (χ1) is 8.15. The van der Waals surface area contributed by atoms with Crippen molar-refractivity contribution in [2.45, 2.75) is 31.2 Å². The molecule has 0 unspecified atom stereocenters. The smallest absolute Gasteiger partial charge is 0.322 e. The third kappa shape index (κ3) is 3.50. The molecule has 1 atom stereocenters. The van der Waals surface area contributed by atoms with Crippen LogP contribution in [0.5, 0.6) is 0 Å². The molecule has 1 rings (SSSR count). The number of carboxylic acid groups (broad SMARTS) is 1. The highest BCUT2D eigenvalue weighted by Crippen LogP contribution is 2.27. The molecule has 0 spiro atoms. The Bertz CT molecular complexity index is 533. The monoisotopic (exact) mass is 356 g/mol. The first kappa shape index (κ1) is 15.5. The number of halogens is 1. The molecule has 102 valence electrons.